The molecule has 0 unspecified atom stereocenters. The highest BCUT2D eigenvalue weighted by Crippen LogP contribution is 2.38. The summed E-state index contributed by atoms with van der Waals surface area (Å²) < 4.78 is 54.5. The monoisotopic (exact) mass is 295 g/mol. The molecule has 20 heavy (non-hydrogen) atoms. The van der Waals surface area contributed by atoms with Crippen LogP contribution in [0.2, 0.25) is 0 Å². The van der Waals surface area contributed by atoms with Crippen molar-refractivity contribution in [3.05, 3.63) is 17.7 Å². The summed E-state index contributed by atoms with van der Waals surface area (Å²) in [7, 11) is 2.82. The fourth-order valence-corrected chi connectivity index (χ4v) is 1.50. The Hall–Kier alpha value is -1.67. The van der Waals surface area contributed by atoms with Crippen molar-refractivity contribution in [1.82, 2.24) is 0 Å². The maximum absolute atomic E-state index is 11.8. The molecule has 1 aromatic carbocycles. The molecular formula is C12H16F3NO4. The van der Waals surface area contributed by atoms with Gasteiger partial charge in [0.05, 0.1) is 20.8 Å². The van der Waals surface area contributed by atoms with E-state index >= 15 is 0 Å². The van der Waals surface area contributed by atoms with E-state index in [1.807, 2.05) is 0 Å². The van der Waals surface area contributed by atoms with Crippen molar-refractivity contribution >= 4 is 0 Å². The zero-order chi connectivity index (χ0) is 15.2. The molecule has 0 atom stereocenters. The molecule has 0 aliphatic carbocycles. The molecule has 0 spiro atoms. The van der Waals surface area contributed by atoms with Gasteiger partial charge < -0.3 is 19.9 Å². The lowest BCUT2D eigenvalue weighted by Crippen LogP contribution is -2.18. The van der Waals surface area contributed by atoms with Crippen LogP contribution in [0.3, 0.4) is 0 Å². The lowest BCUT2D eigenvalue weighted by atomic mass is 10.2. The highest BCUT2D eigenvalue weighted by atomic mass is 19.4. The SMILES string of the molecule is COc1cc(CN)cc(OC)c1OCCOC(F)(F)F. The summed E-state index contributed by atoms with van der Waals surface area (Å²) in [6.45, 7) is -0.660. The first kappa shape index (κ1) is 16.4. The maximum atomic E-state index is 11.8. The van der Waals surface area contributed by atoms with Gasteiger partial charge in [0, 0.05) is 6.54 Å². The molecule has 0 heterocycles. The zero-order valence-corrected chi connectivity index (χ0v) is 11.1. The second kappa shape index (κ2) is 7.20. The Balaban J connectivity index is 2.77. The topological polar surface area (TPSA) is 62.9 Å². The third-order valence-corrected chi connectivity index (χ3v) is 2.35. The largest absolute Gasteiger partial charge is 0.522 e. The molecule has 0 aliphatic heterocycles. The van der Waals surface area contributed by atoms with E-state index in [9.17, 15) is 13.2 Å². The first-order valence-electron chi connectivity index (χ1n) is 5.69. The number of nitrogens with two attached hydrogens (primary N) is 1. The third kappa shape index (κ3) is 4.78. The number of methoxy groups -OCH3 is 2. The molecule has 0 fully saturated rings. The van der Waals surface area contributed by atoms with E-state index in [2.05, 4.69) is 4.74 Å². The number of hydrogen-bond donors (Lipinski definition) is 1. The number of rotatable bonds is 7. The highest BCUT2D eigenvalue weighted by molar-refractivity contribution is 5.53. The predicted molar refractivity (Wildman–Crippen MR) is 64.9 cm³/mol. The molecule has 114 valence electrons. The summed E-state index contributed by atoms with van der Waals surface area (Å²) in [6, 6.07) is 3.25. The van der Waals surface area contributed by atoms with E-state index < -0.39 is 13.0 Å². The van der Waals surface area contributed by atoms with Gasteiger partial charge in [-0.3, -0.25) is 4.74 Å². The molecule has 0 bridgehead atoms. The number of ether oxygens (including phenoxy) is 4. The van der Waals surface area contributed by atoms with Gasteiger partial charge in [0.2, 0.25) is 5.75 Å². The van der Waals surface area contributed by atoms with Gasteiger partial charge in [-0.1, -0.05) is 0 Å². The minimum Gasteiger partial charge on any atom is -0.493 e. The first-order valence-corrected chi connectivity index (χ1v) is 5.69. The fraction of sp³-hybridized carbons (Fsp3) is 0.500. The van der Waals surface area contributed by atoms with Crippen LogP contribution in [0.15, 0.2) is 12.1 Å². The normalized spacial score (nSPS) is 11.3. The van der Waals surface area contributed by atoms with E-state index in [1.54, 1.807) is 12.1 Å². The van der Waals surface area contributed by atoms with Crippen molar-refractivity contribution in [2.75, 3.05) is 27.4 Å². The average Bonchev–Trinajstić information content (AvgIpc) is 2.41. The third-order valence-electron chi connectivity index (χ3n) is 2.35. The number of hydrogen-bond acceptors (Lipinski definition) is 5. The zero-order valence-electron chi connectivity index (χ0n) is 11.1. The lowest BCUT2D eigenvalue weighted by Gasteiger charge is -2.16. The Kier molecular flexibility index (Phi) is 5.90. The number of alkyl halides is 3. The number of benzene rings is 1. The van der Waals surface area contributed by atoms with Crippen molar-refractivity contribution < 1.29 is 32.1 Å². The van der Waals surface area contributed by atoms with Crippen molar-refractivity contribution in [3.63, 3.8) is 0 Å². The van der Waals surface area contributed by atoms with Crippen LogP contribution in [0.1, 0.15) is 5.56 Å². The fourth-order valence-electron chi connectivity index (χ4n) is 1.50. The van der Waals surface area contributed by atoms with E-state index in [4.69, 9.17) is 19.9 Å². The Bertz CT molecular complexity index is 412. The first-order chi connectivity index (χ1) is 9.41. The lowest BCUT2D eigenvalue weighted by molar-refractivity contribution is -0.325. The van der Waals surface area contributed by atoms with Crippen LogP contribution in [0.4, 0.5) is 13.2 Å². The molecule has 8 heteroatoms. The summed E-state index contributed by atoms with van der Waals surface area (Å²) in [5.41, 5.74) is 6.27. The molecule has 0 aliphatic rings. The summed E-state index contributed by atoms with van der Waals surface area (Å²) in [4.78, 5) is 0. The van der Waals surface area contributed by atoms with Crippen LogP contribution >= 0.6 is 0 Å². The Morgan fingerprint density at radius 2 is 1.60 bits per heavy atom. The van der Waals surface area contributed by atoms with Gasteiger partial charge in [0.1, 0.15) is 6.61 Å². The smallest absolute Gasteiger partial charge is 0.493 e. The van der Waals surface area contributed by atoms with E-state index in [0.29, 0.717) is 11.5 Å². The summed E-state index contributed by atoms with van der Waals surface area (Å²) in [6.07, 6.45) is -4.68. The molecule has 5 nitrogen and oxygen atoms in total. The molecule has 1 rings (SSSR count). The molecule has 0 saturated heterocycles. The van der Waals surface area contributed by atoms with Crippen molar-refractivity contribution in [1.29, 1.82) is 0 Å². The van der Waals surface area contributed by atoms with Crippen LogP contribution in [-0.4, -0.2) is 33.8 Å². The summed E-state index contributed by atoms with van der Waals surface area (Å²) in [5, 5.41) is 0. The molecule has 0 saturated carbocycles. The van der Waals surface area contributed by atoms with E-state index in [1.165, 1.54) is 14.2 Å². The van der Waals surface area contributed by atoms with Crippen LogP contribution in [0.25, 0.3) is 0 Å². The molecule has 0 radical (unpaired) electrons. The quantitative estimate of drug-likeness (QED) is 0.780. The summed E-state index contributed by atoms with van der Waals surface area (Å²) >= 11 is 0. The Morgan fingerprint density at radius 1 is 1.05 bits per heavy atom. The van der Waals surface area contributed by atoms with Gasteiger partial charge >= 0.3 is 6.36 Å². The van der Waals surface area contributed by atoms with Gasteiger partial charge in [-0.2, -0.15) is 0 Å². The standard InChI is InChI=1S/C12H16F3NO4/c1-17-9-5-8(7-16)6-10(18-2)11(9)19-3-4-20-12(13,14)15/h5-6H,3-4,7,16H2,1-2H3. The molecule has 0 aromatic heterocycles. The predicted octanol–water partition coefficient (Wildman–Crippen LogP) is 2.08. The van der Waals surface area contributed by atoms with Crippen molar-refractivity contribution in [2.45, 2.75) is 12.9 Å². The molecule has 0 amide bonds. The van der Waals surface area contributed by atoms with Gasteiger partial charge in [-0.15, -0.1) is 13.2 Å². The van der Waals surface area contributed by atoms with E-state index in [0.717, 1.165) is 5.56 Å². The van der Waals surface area contributed by atoms with Gasteiger partial charge in [-0.05, 0) is 17.7 Å². The molecular weight excluding hydrogens is 279 g/mol. The van der Waals surface area contributed by atoms with E-state index in [-0.39, 0.29) is 18.9 Å². The Morgan fingerprint density at radius 3 is 2.00 bits per heavy atom. The Labute approximate surface area is 114 Å². The average molecular weight is 295 g/mol. The minimum atomic E-state index is -4.68. The minimum absolute atomic E-state index is 0.206. The van der Waals surface area contributed by atoms with Crippen molar-refractivity contribution in [2.24, 2.45) is 5.73 Å². The maximum Gasteiger partial charge on any atom is 0.522 e. The van der Waals surface area contributed by atoms with Gasteiger partial charge in [-0.25, -0.2) is 0 Å². The molecule has 2 N–H and O–H groups in total. The highest BCUT2D eigenvalue weighted by Gasteiger charge is 2.28. The summed E-state index contributed by atoms with van der Waals surface area (Å²) in [5.74, 6) is 0.867. The van der Waals surface area contributed by atoms with Crippen LogP contribution in [0.5, 0.6) is 17.2 Å². The van der Waals surface area contributed by atoms with Crippen LogP contribution in [0, 0.1) is 0 Å². The second-order valence-electron chi connectivity index (χ2n) is 3.68. The van der Waals surface area contributed by atoms with Crippen LogP contribution in [-0.2, 0) is 11.3 Å². The van der Waals surface area contributed by atoms with Crippen LogP contribution < -0.4 is 19.9 Å². The molecule has 1 aromatic rings. The second-order valence-corrected chi connectivity index (χ2v) is 3.68. The number of halogens is 3. The van der Waals surface area contributed by atoms with Crippen molar-refractivity contribution in [3.8, 4) is 17.2 Å². The van der Waals surface area contributed by atoms with Gasteiger partial charge in [0.15, 0.2) is 11.5 Å². The van der Waals surface area contributed by atoms with Gasteiger partial charge in [0.25, 0.3) is 0 Å².